The standard InChI is InChI=1S/C22H23NO6/c1-14(24)28-18-12-23-19(21(18)27-13-15-6-4-3-5-7-15)20(29-22(23)25)16-8-10-17(26-2)11-9-16/h3-11,18-21H,12-13H2,1-2H3/t18-,19+,20-,21+/m0/s1. The summed E-state index contributed by atoms with van der Waals surface area (Å²) in [5.74, 6) is 0.315. The number of hydrogen-bond donors (Lipinski definition) is 0. The van der Waals surface area contributed by atoms with Gasteiger partial charge < -0.3 is 18.9 Å². The molecule has 152 valence electrons. The quantitative estimate of drug-likeness (QED) is 0.698. The molecule has 4 atom stereocenters. The second-order valence-electron chi connectivity index (χ2n) is 7.13. The Morgan fingerprint density at radius 3 is 2.52 bits per heavy atom. The fraction of sp³-hybridized carbons (Fsp3) is 0.364. The molecule has 0 spiro atoms. The second-order valence-corrected chi connectivity index (χ2v) is 7.13. The van der Waals surface area contributed by atoms with Gasteiger partial charge in [0.25, 0.3) is 0 Å². The van der Waals surface area contributed by atoms with Crippen LogP contribution in [0.25, 0.3) is 0 Å². The molecule has 1 amide bonds. The Hall–Kier alpha value is -3.06. The van der Waals surface area contributed by atoms with Crippen LogP contribution in [0.2, 0.25) is 0 Å². The molecule has 7 nitrogen and oxygen atoms in total. The molecule has 7 heteroatoms. The van der Waals surface area contributed by atoms with E-state index in [1.807, 2.05) is 54.6 Å². The summed E-state index contributed by atoms with van der Waals surface area (Å²) < 4.78 is 22.5. The summed E-state index contributed by atoms with van der Waals surface area (Å²) in [7, 11) is 1.60. The monoisotopic (exact) mass is 397 g/mol. The average molecular weight is 397 g/mol. The van der Waals surface area contributed by atoms with E-state index >= 15 is 0 Å². The number of amides is 1. The lowest BCUT2D eigenvalue weighted by molar-refractivity contribution is -0.153. The minimum absolute atomic E-state index is 0.245. The van der Waals surface area contributed by atoms with E-state index in [-0.39, 0.29) is 12.6 Å². The number of cyclic esters (lactones) is 1. The third kappa shape index (κ3) is 3.91. The molecule has 29 heavy (non-hydrogen) atoms. The first kappa shape index (κ1) is 19.3. The minimum atomic E-state index is -0.546. The van der Waals surface area contributed by atoms with Crippen molar-refractivity contribution in [2.24, 2.45) is 0 Å². The van der Waals surface area contributed by atoms with E-state index in [1.165, 1.54) is 6.92 Å². The van der Waals surface area contributed by atoms with Gasteiger partial charge in [-0.05, 0) is 23.3 Å². The van der Waals surface area contributed by atoms with Crippen LogP contribution in [-0.2, 0) is 25.6 Å². The van der Waals surface area contributed by atoms with Gasteiger partial charge in [-0.15, -0.1) is 0 Å². The van der Waals surface area contributed by atoms with Crippen molar-refractivity contribution in [2.75, 3.05) is 13.7 Å². The summed E-state index contributed by atoms with van der Waals surface area (Å²) in [6.07, 6.45) is -2.00. The number of carbonyl (C=O) groups excluding carboxylic acids is 2. The number of benzene rings is 2. The van der Waals surface area contributed by atoms with E-state index < -0.39 is 30.4 Å². The predicted octanol–water partition coefficient (Wildman–Crippen LogP) is 3.09. The molecule has 4 rings (SSSR count). The predicted molar refractivity (Wildman–Crippen MR) is 103 cm³/mol. The van der Waals surface area contributed by atoms with Crippen LogP contribution in [0.3, 0.4) is 0 Å². The average Bonchev–Trinajstić information content (AvgIpc) is 3.24. The molecule has 2 saturated heterocycles. The SMILES string of the molecule is COc1ccc([C@@H]2OC(=O)N3C[C@H](OC(C)=O)[C@@H](OCc4ccccc4)[C@@H]23)cc1. The Labute approximate surface area is 169 Å². The first-order valence-electron chi connectivity index (χ1n) is 9.51. The van der Waals surface area contributed by atoms with Crippen molar-refractivity contribution in [3.63, 3.8) is 0 Å². The van der Waals surface area contributed by atoms with Crippen molar-refractivity contribution in [1.82, 2.24) is 4.90 Å². The van der Waals surface area contributed by atoms with E-state index in [9.17, 15) is 9.59 Å². The summed E-state index contributed by atoms with van der Waals surface area (Å²) in [6.45, 7) is 1.95. The van der Waals surface area contributed by atoms with Crippen LogP contribution >= 0.6 is 0 Å². The number of hydrogen-bond acceptors (Lipinski definition) is 6. The zero-order valence-corrected chi connectivity index (χ0v) is 16.3. The van der Waals surface area contributed by atoms with E-state index in [4.69, 9.17) is 18.9 Å². The Morgan fingerprint density at radius 2 is 1.86 bits per heavy atom. The van der Waals surface area contributed by atoms with E-state index in [2.05, 4.69) is 0 Å². The van der Waals surface area contributed by atoms with E-state index in [1.54, 1.807) is 12.0 Å². The molecule has 2 aromatic rings. The highest BCUT2D eigenvalue weighted by atomic mass is 16.6. The summed E-state index contributed by atoms with van der Waals surface area (Å²) in [4.78, 5) is 25.7. The van der Waals surface area contributed by atoms with Gasteiger partial charge in [0.15, 0.2) is 6.10 Å². The topological polar surface area (TPSA) is 74.3 Å². The lowest BCUT2D eigenvalue weighted by Gasteiger charge is -2.26. The summed E-state index contributed by atoms with van der Waals surface area (Å²) in [5.41, 5.74) is 1.84. The second kappa shape index (κ2) is 8.13. The lowest BCUT2D eigenvalue weighted by Crippen LogP contribution is -2.39. The molecular weight excluding hydrogens is 374 g/mol. The van der Waals surface area contributed by atoms with Crippen molar-refractivity contribution in [1.29, 1.82) is 0 Å². The Bertz CT molecular complexity index is 869. The van der Waals surface area contributed by atoms with Gasteiger partial charge in [0.1, 0.15) is 24.0 Å². The number of methoxy groups -OCH3 is 1. The van der Waals surface area contributed by atoms with Gasteiger partial charge in [-0.25, -0.2) is 4.79 Å². The van der Waals surface area contributed by atoms with Gasteiger partial charge in [0, 0.05) is 6.92 Å². The van der Waals surface area contributed by atoms with Gasteiger partial charge in [-0.3, -0.25) is 9.69 Å². The fourth-order valence-corrected chi connectivity index (χ4v) is 3.94. The largest absolute Gasteiger partial charge is 0.497 e. The van der Waals surface area contributed by atoms with Crippen molar-refractivity contribution in [3.05, 3.63) is 65.7 Å². The van der Waals surface area contributed by atoms with Gasteiger partial charge >= 0.3 is 12.1 Å². The van der Waals surface area contributed by atoms with Crippen molar-refractivity contribution in [2.45, 2.75) is 37.9 Å². The highest BCUT2D eigenvalue weighted by Crippen LogP contribution is 2.41. The highest BCUT2D eigenvalue weighted by Gasteiger charge is 2.56. The molecule has 0 unspecified atom stereocenters. The number of fused-ring (bicyclic) bond motifs is 1. The molecule has 2 aliphatic rings. The van der Waals surface area contributed by atoms with Crippen molar-refractivity contribution in [3.8, 4) is 5.75 Å². The van der Waals surface area contributed by atoms with E-state index in [0.29, 0.717) is 6.61 Å². The zero-order valence-electron chi connectivity index (χ0n) is 16.3. The minimum Gasteiger partial charge on any atom is -0.497 e. The Balaban J connectivity index is 1.60. The molecule has 2 fully saturated rings. The Morgan fingerprint density at radius 1 is 1.14 bits per heavy atom. The van der Waals surface area contributed by atoms with Crippen molar-refractivity contribution < 1.29 is 28.5 Å². The van der Waals surface area contributed by atoms with Gasteiger partial charge in [-0.2, -0.15) is 0 Å². The van der Waals surface area contributed by atoms with Crippen molar-refractivity contribution >= 4 is 12.1 Å². The van der Waals surface area contributed by atoms with Crippen LogP contribution in [0, 0.1) is 0 Å². The normalized spacial score (nSPS) is 25.4. The third-order valence-electron chi connectivity index (χ3n) is 5.26. The Kier molecular flexibility index (Phi) is 5.40. The number of ether oxygens (including phenoxy) is 4. The number of esters is 1. The van der Waals surface area contributed by atoms with Gasteiger partial charge in [0.2, 0.25) is 0 Å². The van der Waals surface area contributed by atoms with Crippen LogP contribution in [0.15, 0.2) is 54.6 Å². The molecule has 0 aromatic heterocycles. The first-order chi connectivity index (χ1) is 14.1. The summed E-state index contributed by atoms with van der Waals surface area (Å²) in [6, 6.07) is 16.7. The van der Waals surface area contributed by atoms with Crippen LogP contribution < -0.4 is 4.74 Å². The molecule has 0 N–H and O–H groups in total. The first-order valence-corrected chi connectivity index (χ1v) is 9.51. The fourth-order valence-electron chi connectivity index (χ4n) is 3.94. The van der Waals surface area contributed by atoms with Gasteiger partial charge in [-0.1, -0.05) is 42.5 Å². The number of rotatable bonds is 6. The molecule has 0 bridgehead atoms. The molecule has 2 aromatic carbocycles. The molecule has 0 saturated carbocycles. The van der Waals surface area contributed by atoms with Crippen LogP contribution in [0.5, 0.6) is 5.75 Å². The van der Waals surface area contributed by atoms with E-state index in [0.717, 1.165) is 16.9 Å². The summed E-state index contributed by atoms with van der Waals surface area (Å²) in [5, 5.41) is 0. The summed E-state index contributed by atoms with van der Waals surface area (Å²) >= 11 is 0. The zero-order chi connectivity index (χ0) is 20.4. The molecule has 0 aliphatic carbocycles. The van der Waals surface area contributed by atoms with Crippen LogP contribution in [0.4, 0.5) is 4.79 Å². The maximum absolute atomic E-state index is 12.5. The maximum Gasteiger partial charge on any atom is 0.411 e. The maximum atomic E-state index is 12.5. The van der Waals surface area contributed by atoms with Gasteiger partial charge in [0.05, 0.1) is 20.3 Å². The highest BCUT2D eigenvalue weighted by molar-refractivity contribution is 5.72. The molecule has 2 heterocycles. The number of nitrogens with zero attached hydrogens (tertiary/aromatic N) is 1. The smallest absolute Gasteiger partial charge is 0.411 e. The number of carbonyl (C=O) groups is 2. The molecular formula is C22H23NO6. The molecule has 2 aliphatic heterocycles. The third-order valence-corrected chi connectivity index (χ3v) is 5.26. The lowest BCUT2D eigenvalue weighted by atomic mass is 9.98. The van der Waals surface area contributed by atoms with Crippen LogP contribution in [0.1, 0.15) is 24.2 Å². The molecule has 0 radical (unpaired) electrons. The van der Waals surface area contributed by atoms with Crippen LogP contribution in [-0.4, -0.2) is 48.9 Å².